The maximum Gasteiger partial charge on any atom is 0.225 e. The van der Waals surface area contributed by atoms with Gasteiger partial charge in [0.1, 0.15) is 5.82 Å². The van der Waals surface area contributed by atoms with Crippen LogP contribution >= 0.6 is 0 Å². The van der Waals surface area contributed by atoms with Crippen molar-refractivity contribution < 1.29 is 14.3 Å². The van der Waals surface area contributed by atoms with Gasteiger partial charge in [-0.05, 0) is 67.4 Å². The van der Waals surface area contributed by atoms with E-state index in [2.05, 4.69) is 34.9 Å². The number of nitrogens with zero attached hydrogens (tertiary/aromatic N) is 2. The summed E-state index contributed by atoms with van der Waals surface area (Å²) in [5.74, 6) is 0.378. The van der Waals surface area contributed by atoms with Crippen LogP contribution in [0.2, 0.25) is 0 Å². The Hall–Kier alpha value is -2.50. The Morgan fingerprint density at radius 3 is 2.58 bits per heavy atom. The molecule has 1 spiro atoms. The second-order valence-corrected chi connectivity index (χ2v) is 11.5. The molecule has 2 aliphatic heterocycles. The molecule has 1 saturated carbocycles. The number of aryl methyl sites for hydroxylation is 1. The number of hydrogen-bond donors (Lipinski definition) is 1. The number of rotatable bonds is 4. The van der Waals surface area contributed by atoms with E-state index in [4.69, 9.17) is 0 Å². The van der Waals surface area contributed by atoms with Gasteiger partial charge < -0.3 is 10.0 Å². The average molecular weight is 489 g/mol. The highest BCUT2D eigenvalue weighted by molar-refractivity contribution is 5.83. The Labute approximate surface area is 213 Å². The highest BCUT2D eigenvalue weighted by Crippen LogP contribution is 2.55. The minimum atomic E-state index is -0.190. The Bertz CT molecular complexity index is 1190. The average Bonchev–Trinajstić information content (AvgIpc) is 3.54. The number of benzene rings is 2. The van der Waals surface area contributed by atoms with Crippen LogP contribution in [0.1, 0.15) is 60.8 Å². The number of amides is 1. The molecule has 4 aliphatic rings. The second kappa shape index (κ2) is 9.42. The maximum absolute atomic E-state index is 14.7. The lowest BCUT2D eigenvalue weighted by Crippen LogP contribution is -2.55. The van der Waals surface area contributed by atoms with E-state index in [-0.39, 0.29) is 29.8 Å². The maximum atomic E-state index is 14.7. The van der Waals surface area contributed by atoms with Crippen LogP contribution in [-0.2, 0) is 17.8 Å². The molecular formula is C31H37FN2O2. The summed E-state index contributed by atoms with van der Waals surface area (Å²) in [6.45, 7) is 4.99. The summed E-state index contributed by atoms with van der Waals surface area (Å²) < 4.78 is 14.7. The number of halogens is 1. The first kappa shape index (κ1) is 23.9. The Morgan fingerprint density at radius 2 is 1.86 bits per heavy atom. The molecule has 36 heavy (non-hydrogen) atoms. The van der Waals surface area contributed by atoms with E-state index < -0.39 is 0 Å². The quantitative estimate of drug-likeness (QED) is 0.650. The molecule has 0 bridgehead atoms. The molecule has 2 aliphatic carbocycles. The van der Waals surface area contributed by atoms with Gasteiger partial charge in [0.15, 0.2) is 0 Å². The van der Waals surface area contributed by atoms with Gasteiger partial charge in [0, 0.05) is 43.1 Å². The molecule has 1 saturated heterocycles. The molecule has 0 unspecified atom stereocenters. The Kier molecular flexibility index (Phi) is 6.25. The number of carbonyl (C=O) groups is 1. The third-order valence-corrected chi connectivity index (χ3v) is 9.35. The molecule has 1 amide bonds. The van der Waals surface area contributed by atoms with Crippen LogP contribution in [0.3, 0.4) is 0 Å². The van der Waals surface area contributed by atoms with E-state index in [1.807, 2.05) is 12.1 Å². The van der Waals surface area contributed by atoms with Gasteiger partial charge in [-0.2, -0.15) is 0 Å². The molecule has 4 nitrogen and oxygen atoms in total. The molecule has 0 aromatic heterocycles. The minimum Gasteiger partial charge on any atom is -0.394 e. The standard InChI is InChI=1S/C31H37FN2O2/c1-21-10-11-25-24(16-21)17-26-28(19-35)34(18-23-8-4-5-9-27(23)32)20-31(29(25)26)12-14-33(15-13-31)30(36)22-6-2-3-7-22/h4-5,8-11,16,22,28,35H,2-3,6-7,12-15,17-20H2,1H3/t28-/m0/s1. The third kappa shape index (κ3) is 4.01. The predicted octanol–water partition coefficient (Wildman–Crippen LogP) is 5.12. The fraction of sp³-hybridized carbons (Fsp3) is 0.516. The third-order valence-electron chi connectivity index (χ3n) is 9.35. The highest BCUT2D eigenvalue weighted by atomic mass is 19.1. The summed E-state index contributed by atoms with van der Waals surface area (Å²) in [5.41, 5.74) is 7.23. The fourth-order valence-electron chi connectivity index (χ4n) is 7.52. The van der Waals surface area contributed by atoms with E-state index in [0.29, 0.717) is 18.0 Å². The number of hydrogen-bond acceptors (Lipinski definition) is 3. The minimum absolute atomic E-state index is 0.0304. The molecule has 2 aromatic carbocycles. The van der Waals surface area contributed by atoms with Crippen molar-refractivity contribution in [3.63, 3.8) is 0 Å². The molecule has 1 N–H and O–H groups in total. The van der Waals surface area contributed by atoms with Crippen LogP contribution < -0.4 is 0 Å². The molecule has 6 rings (SSSR count). The number of aliphatic hydroxyl groups excluding tert-OH is 1. The normalized spacial score (nSPS) is 23.9. The molecule has 2 fully saturated rings. The van der Waals surface area contributed by atoms with Gasteiger partial charge in [-0.3, -0.25) is 9.69 Å². The summed E-state index contributed by atoms with van der Waals surface area (Å²) in [6, 6.07) is 13.6. The number of aliphatic hydroxyl groups is 1. The van der Waals surface area contributed by atoms with Crippen molar-refractivity contribution in [3.8, 4) is 0 Å². The summed E-state index contributed by atoms with van der Waals surface area (Å²) in [6.07, 6.45) is 7.11. The summed E-state index contributed by atoms with van der Waals surface area (Å²) >= 11 is 0. The van der Waals surface area contributed by atoms with Crippen molar-refractivity contribution in [1.82, 2.24) is 9.80 Å². The van der Waals surface area contributed by atoms with Crippen LogP contribution in [0, 0.1) is 24.1 Å². The summed E-state index contributed by atoms with van der Waals surface area (Å²) in [4.78, 5) is 17.6. The van der Waals surface area contributed by atoms with Crippen LogP contribution in [0.5, 0.6) is 0 Å². The summed E-state index contributed by atoms with van der Waals surface area (Å²) in [7, 11) is 0. The van der Waals surface area contributed by atoms with E-state index >= 15 is 0 Å². The topological polar surface area (TPSA) is 43.8 Å². The number of carbonyl (C=O) groups excluding carboxylic acids is 1. The van der Waals surface area contributed by atoms with Crippen molar-refractivity contribution in [2.75, 3.05) is 26.2 Å². The number of piperidine rings is 1. The van der Waals surface area contributed by atoms with Gasteiger partial charge in [0.05, 0.1) is 12.6 Å². The molecule has 190 valence electrons. The van der Waals surface area contributed by atoms with Gasteiger partial charge in [-0.25, -0.2) is 4.39 Å². The lowest BCUT2D eigenvalue weighted by Gasteiger charge is -2.51. The lowest BCUT2D eigenvalue weighted by atomic mass is 9.66. The van der Waals surface area contributed by atoms with E-state index in [9.17, 15) is 14.3 Å². The van der Waals surface area contributed by atoms with E-state index in [1.165, 1.54) is 46.7 Å². The first-order valence-corrected chi connectivity index (χ1v) is 13.7. The van der Waals surface area contributed by atoms with Crippen molar-refractivity contribution in [1.29, 1.82) is 0 Å². The van der Waals surface area contributed by atoms with Gasteiger partial charge in [0.25, 0.3) is 0 Å². The van der Waals surface area contributed by atoms with Crippen molar-refractivity contribution in [3.05, 3.63) is 76.1 Å². The zero-order valence-electron chi connectivity index (χ0n) is 21.3. The lowest BCUT2D eigenvalue weighted by molar-refractivity contribution is -0.137. The SMILES string of the molecule is Cc1ccc2c(c1)CC1=C2C2(CCN(C(=O)C3CCCC3)CC2)CN(Cc2ccccc2F)[C@H]1CO. The second-order valence-electron chi connectivity index (χ2n) is 11.5. The largest absolute Gasteiger partial charge is 0.394 e. The smallest absolute Gasteiger partial charge is 0.225 e. The van der Waals surface area contributed by atoms with Crippen molar-refractivity contribution in [2.24, 2.45) is 11.3 Å². The Balaban J connectivity index is 1.35. The van der Waals surface area contributed by atoms with Crippen LogP contribution in [-0.4, -0.2) is 53.1 Å². The highest BCUT2D eigenvalue weighted by Gasteiger charge is 2.50. The number of fused-ring (bicyclic) bond motifs is 3. The zero-order valence-corrected chi connectivity index (χ0v) is 21.3. The van der Waals surface area contributed by atoms with Crippen molar-refractivity contribution >= 4 is 11.5 Å². The summed E-state index contributed by atoms with van der Waals surface area (Å²) in [5, 5.41) is 10.6. The monoisotopic (exact) mass is 488 g/mol. The van der Waals surface area contributed by atoms with Crippen LogP contribution in [0.4, 0.5) is 4.39 Å². The van der Waals surface area contributed by atoms with Crippen molar-refractivity contribution in [2.45, 2.75) is 64.5 Å². The van der Waals surface area contributed by atoms with Gasteiger partial charge in [-0.15, -0.1) is 0 Å². The van der Waals surface area contributed by atoms with Gasteiger partial charge >= 0.3 is 0 Å². The van der Waals surface area contributed by atoms with Gasteiger partial charge in [0.2, 0.25) is 5.91 Å². The van der Waals surface area contributed by atoms with Gasteiger partial charge in [-0.1, -0.05) is 54.8 Å². The first-order chi connectivity index (χ1) is 17.5. The predicted molar refractivity (Wildman–Crippen MR) is 140 cm³/mol. The zero-order chi connectivity index (χ0) is 24.9. The van der Waals surface area contributed by atoms with Crippen LogP contribution in [0.25, 0.3) is 5.57 Å². The molecule has 0 radical (unpaired) electrons. The van der Waals surface area contributed by atoms with E-state index in [0.717, 1.165) is 51.7 Å². The molecule has 2 heterocycles. The molecule has 1 atom stereocenters. The number of likely N-dealkylation sites (tertiary alicyclic amines) is 1. The Morgan fingerprint density at radius 1 is 1.11 bits per heavy atom. The molecule has 2 aromatic rings. The van der Waals surface area contributed by atoms with E-state index in [1.54, 1.807) is 6.07 Å². The fourth-order valence-corrected chi connectivity index (χ4v) is 7.52. The van der Waals surface area contributed by atoms with Crippen LogP contribution in [0.15, 0.2) is 48.0 Å². The molecule has 5 heteroatoms. The molecular weight excluding hydrogens is 451 g/mol. The first-order valence-electron chi connectivity index (χ1n) is 13.7.